The number of esters is 1. The standard InChI is InChI=1S/C10H12N2O4S2/c1-3-16-12(6-13)10(17)11-7-4-5-18-8(7)9(14)15-2/h4-6H,3H2,1-2H3,(H,11,17). The molecule has 0 saturated heterocycles. The molecule has 1 aromatic heterocycles. The minimum Gasteiger partial charge on any atom is -0.465 e. The highest BCUT2D eigenvalue weighted by Gasteiger charge is 2.16. The van der Waals surface area contributed by atoms with Crippen molar-refractivity contribution in [2.24, 2.45) is 0 Å². The van der Waals surface area contributed by atoms with Crippen molar-refractivity contribution in [1.29, 1.82) is 0 Å². The van der Waals surface area contributed by atoms with E-state index in [2.05, 4.69) is 10.1 Å². The highest BCUT2D eigenvalue weighted by atomic mass is 32.1. The summed E-state index contributed by atoms with van der Waals surface area (Å²) in [4.78, 5) is 27.5. The van der Waals surface area contributed by atoms with Crippen LogP contribution in [0.15, 0.2) is 11.4 Å². The highest BCUT2D eigenvalue weighted by molar-refractivity contribution is 7.80. The number of hydrogen-bond donors (Lipinski definition) is 1. The van der Waals surface area contributed by atoms with Crippen LogP contribution < -0.4 is 5.32 Å². The molecule has 0 aromatic carbocycles. The number of ether oxygens (including phenoxy) is 1. The number of hydroxylamine groups is 2. The van der Waals surface area contributed by atoms with Crippen LogP contribution in [0.4, 0.5) is 5.69 Å². The number of carbonyl (C=O) groups excluding carboxylic acids is 2. The number of methoxy groups -OCH3 is 1. The topological polar surface area (TPSA) is 67.9 Å². The monoisotopic (exact) mass is 288 g/mol. The fraction of sp³-hybridized carbons (Fsp3) is 0.300. The van der Waals surface area contributed by atoms with E-state index < -0.39 is 5.97 Å². The number of thiocarbonyl (C=S) groups is 1. The Kier molecular flexibility index (Phi) is 5.69. The van der Waals surface area contributed by atoms with Crippen molar-refractivity contribution in [2.45, 2.75) is 6.92 Å². The Labute approximate surface area is 113 Å². The van der Waals surface area contributed by atoms with Gasteiger partial charge in [-0.2, -0.15) is 5.06 Å². The van der Waals surface area contributed by atoms with Crippen LogP contribution in [-0.2, 0) is 14.4 Å². The van der Waals surface area contributed by atoms with Gasteiger partial charge >= 0.3 is 5.97 Å². The molecule has 0 fully saturated rings. The molecule has 0 aliphatic heterocycles. The number of carbonyl (C=O) groups is 2. The smallest absolute Gasteiger partial charge is 0.350 e. The van der Waals surface area contributed by atoms with Crippen molar-refractivity contribution < 1.29 is 19.2 Å². The van der Waals surface area contributed by atoms with Crippen LogP contribution in [0.2, 0.25) is 0 Å². The van der Waals surface area contributed by atoms with Crippen molar-refractivity contribution in [3.8, 4) is 0 Å². The minimum absolute atomic E-state index is 0.0513. The Bertz CT molecular complexity index is 447. The summed E-state index contributed by atoms with van der Waals surface area (Å²) < 4.78 is 4.62. The molecule has 18 heavy (non-hydrogen) atoms. The second-order valence-corrected chi connectivity index (χ2v) is 4.24. The van der Waals surface area contributed by atoms with E-state index >= 15 is 0 Å². The molecule has 1 N–H and O–H groups in total. The molecule has 98 valence electrons. The molecule has 0 radical (unpaired) electrons. The van der Waals surface area contributed by atoms with Gasteiger partial charge in [-0.1, -0.05) is 0 Å². The zero-order valence-electron chi connectivity index (χ0n) is 9.84. The first-order chi connectivity index (χ1) is 8.63. The molecule has 0 bridgehead atoms. The number of hydrogen-bond acceptors (Lipinski definition) is 6. The second kappa shape index (κ2) is 7.04. The van der Waals surface area contributed by atoms with Crippen LogP contribution in [0.1, 0.15) is 16.6 Å². The molecule has 8 heteroatoms. The number of nitrogens with one attached hydrogen (secondary N) is 1. The maximum Gasteiger partial charge on any atom is 0.350 e. The van der Waals surface area contributed by atoms with Crippen LogP contribution >= 0.6 is 23.6 Å². The number of nitrogens with zero attached hydrogens (tertiary/aromatic N) is 1. The van der Waals surface area contributed by atoms with Gasteiger partial charge in [0.2, 0.25) is 11.5 Å². The van der Waals surface area contributed by atoms with Gasteiger partial charge in [0.15, 0.2) is 0 Å². The van der Waals surface area contributed by atoms with Gasteiger partial charge < -0.3 is 10.1 Å². The lowest BCUT2D eigenvalue weighted by Gasteiger charge is -2.17. The first-order valence-corrected chi connectivity index (χ1v) is 6.27. The van der Waals surface area contributed by atoms with Gasteiger partial charge in [0.25, 0.3) is 0 Å². The summed E-state index contributed by atoms with van der Waals surface area (Å²) >= 11 is 6.19. The van der Waals surface area contributed by atoms with Gasteiger partial charge in [0.1, 0.15) is 4.88 Å². The third kappa shape index (κ3) is 3.49. The SMILES string of the molecule is CCON(C=O)C(=S)Nc1ccsc1C(=O)OC. The Morgan fingerprint density at radius 3 is 2.94 bits per heavy atom. The van der Waals surface area contributed by atoms with Crippen molar-refractivity contribution in [3.05, 3.63) is 16.3 Å². The molecule has 0 spiro atoms. The van der Waals surface area contributed by atoms with Gasteiger partial charge in [-0.25, -0.2) is 4.79 Å². The molecule has 0 atom stereocenters. The molecule has 0 aliphatic carbocycles. The molecule has 0 aliphatic rings. The number of thiophene rings is 1. The first kappa shape index (κ1) is 14.6. The van der Waals surface area contributed by atoms with E-state index in [0.717, 1.165) is 5.06 Å². The Balaban J connectivity index is 2.78. The molecule has 0 unspecified atom stereocenters. The fourth-order valence-corrected chi connectivity index (χ4v) is 2.08. The average Bonchev–Trinajstić information content (AvgIpc) is 2.82. The zero-order valence-corrected chi connectivity index (χ0v) is 11.5. The quantitative estimate of drug-likeness (QED) is 0.384. The van der Waals surface area contributed by atoms with E-state index in [1.807, 2.05) is 0 Å². The van der Waals surface area contributed by atoms with Crippen LogP contribution in [0.25, 0.3) is 0 Å². The maximum absolute atomic E-state index is 11.4. The fourth-order valence-electron chi connectivity index (χ4n) is 1.10. The largest absolute Gasteiger partial charge is 0.465 e. The average molecular weight is 288 g/mol. The molecule has 6 nitrogen and oxygen atoms in total. The highest BCUT2D eigenvalue weighted by Crippen LogP contribution is 2.23. The normalized spacial score (nSPS) is 9.67. The van der Waals surface area contributed by atoms with Crippen LogP contribution in [0.5, 0.6) is 0 Å². The molecule has 1 heterocycles. The van der Waals surface area contributed by atoms with Crippen LogP contribution in [0.3, 0.4) is 0 Å². The van der Waals surface area contributed by atoms with E-state index in [-0.39, 0.29) is 5.11 Å². The summed E-state index contributed by atoms with van der Waals surface area (Å²) in [6.07, 6.45) is 0.447. The Morgan fingerprint density at radius 1 is 1.67 bits per heavy atom. The van der Waals surface area contributed by atoms with Crippen molar-refractivity contribution >= 4 is 46.7 Å². The van der Waals surface area contributed by atoms with Gasteiger partial charge in [0.05, 0.1) is 19.4 Å². The molecular formula is C10H12N2O4S2. The minimum atomic E-state index is -0.468. The second-order valence-electron chi connectivity index (χ2n) is 2.93. The van der Waals surface area contributed by atoms with Gasteiger partial charge in [-0.05, 0) is 30.6 Å². The summed E-state index contributed by atoms with van der Waals surface area (Å²) in [5, 5.41) is 5.40. The summed E-state index contributed by atoms with van der Waals surface area (Å²) in [5.74, 6) is -0.468. The molecule has 1 aromatic rings. The molecule has 0 saturated carbocycles. The zero-order chi connectivity index (χ0) is 13.5. The third-order valence-electron chi connectivity index (χ3n) is 1.84. The molecule has 1 rings (SSSR count). The predicted molar refractivity (Wildman–Crippen MR) is 71.4 cm³/mol. The van der Waals surface area contributed by atoms with E-state index in [1.165, 1.54) is 18.4 Å². The van der Waals surface area contributed by atoms with Gasteiger partial charge in [-0.3, -0.25) is 9.63 Å². The van der Waals surface area contributed by atoms with Gasteiger partial charge in [0, 0.05) is 0 Å². The summed E-state index contributed by atoms with van der Waals surface area (Å²) in [6, 6.07) is 1.66. The molecular weight excluding hydrogens is 276 g/mol. The summed E-state index contributed by atoms with van der Waals surface area (Å²) in [5.41, 5.74) is 0.475. The van der Waals surface area contributed by atoms with E-state index in [9.17, 15) is 9.59 Å². The van der Waals surface area contributed by atoms with E-state index in [1.54, 1.807) is 18.4 Å². The third-order valence-corrected chi connectivity index (χ3v) is 3.02. The van der Waals surface area contributed by atoms with E-state index in [4.69, 9.17) is 17.1 Å². The lowest BCUT2D eigenvalue weighted by atomic mass is 10.4. The van der Waals surface area contributed by atoms with Crippen molar-refractivity contribution in [2.75, 3.05) is 19.0 Å². The van der Waals surface area contributed by atoms with Gasteiger partial charge in [-0.15, -0.1) is 11.3 Å². The Hall–Kier alpha value is -1.51. The lowest BCUT2D eigenvalue weighted by Crippen LogP contribution is -2.33. The predicted octanol–water partition coefficient (Wildman–Crippen LogP) is 1.64. The number of rotatable bonds is 5. The number of anilines is 1. The van der Waals surface area contributed by atoms with Crippen LogP contribution in [0, 0.1) is 0 Å². The first-order valence-electron chi connectivity index (χ1n) is 4.98. The van der Waals surface area contributed by atoms with Crippen LogP contribution in [-0.4, -0.2) is 36.3 Å². The Morgan fingerprint density at radius 2 is 2.39 bits per heavy atom. The number of amides is 1. The van der Waals surface area contributed by atoms with Crippen molar-refractivity contribution in [3.63, 3.8) is 0 Å². The summed E-state index contributed by atoms with van der Waals surface area (Å²) in [6.45, 7) is 2.03. The van der Waals surface area contributed by atoms with E-state index in [0.29, 0.717) is 23.6 Å². The maximum atomic E-state index is 11.4. The lowest BCUT2D eigenvalue weighted by molar-refractivity contribution is -0.146. The molecule has 1 amide bonds. The van der Waals surface area contributed by atoms with Crippen molar-refractivity contribution in [1.82, 2.24) is 5.06 Å². The summed E-state index contributed by atoms with van der Waals surface area (Å²) in [7, 11) is 1.29.